The Morgan fingerprint density at radius 1 is 1.17 bits per heavy atom. The highest BCUT2D eigenvalue weighted by molar-refractivity contribution is 4.99. The van der Waals surface area contributed by atoms with Crippen LogP contribution in [0.1, 0.15) is 44.9 Å². The van der Waals surface area contributed by atoms with Crippen LogP contribution in [0.25, 0.3) is 0 Å². The van der Waals surface area contributed by atoms with Gasteiger partial charge in [0.2, 0.25) is 0 Å². The van der Waals surface area contributed by atoms with Crippen molar-refractivity contribution in [1.82, 2.24) is 9.80 Å². The number of ether oxygens (including phenoxy) is 2. The van der Waals surface area contributed by atoms with E-state index in [0.29, 0.717) is 12.1 Å². The Bertz CT molecular complexity index is 354. The van der Waals surface area contributed by atoms with Gasteiger partial charge in [-0.3, -0.25) is 4.90 Å². The van der Waals surface area contributed by atoms with Crippen LogP contribution in [-0.2, 0) is 9.47 Å². The quantitative estimate of drug-likeness (QED) is 0.829. The monoisotopic (exact) mass is 326 g/mol. The SMILES string of the molecule is CN1CCN(CC(O)COC2CCOCC2)C2(CCCCC2)C1. The van der Waals surface area contributed by atoms with E-state index in [1.165, 1.54) is 32.1 Å². The molecule has 0 radical (unpaired) electrons. The van der Waals surface area contributed by atoms with E-state index < -0.39 is 0 Å². The first-order chi connectivity index (χ1) is 11.2. The molecule has 1 N–H and O–H groups in total. The first-order valence-electron chi connectivity index (χ1n) is 9.49. The Morgan fingerprint density at radius 2 is 1.91 bits per heavy atom. The minimum Gasteiger partial charge on any atom is -0.389 e. The van der Waals surface area contributed by atoms with E-state index >= 15 is 0 Å². The maximum atomic E-state index is 10.5. The standard InChI is InChI=1S/C18H34N2O3/c1-19-9-10-20(18(15-19)7-3-2-4-8-18)13-16(21)14-23-17-5-11-22-12-6-17/h16-17,21H,2-15H2,1H3. The van der Waals surface area contributed by atoms with Crippen LogP contribution in [0, 0.1) is 0 Å². The van der Waals surface area contributed by atoms with Gasteiger partial charge >= 0.3 is 0 Å². The van der Waals surface area contributed by atoms with Gasteiger partial charge in [-0.1, -0.05) is 19.3 Å². The second-order valence-corrected chi connectivity index (χ2v) is 7.77. The van der Waals surface area contributed by atoms with Crippen molar-refractivity contribution in [3.05, 3.63) is 0 Å². The number of rotatable bonds is 5. The van der Waals surface area contributed by atoms with E-state index in [-0.39, 0.29) is 12.2 Å². The fraction of sp³-hybridized carbons (Fsp3) is 1.00. The van der Waals surface area contributed by atoms with Crippen molar-refractivity contribution >= 4 is 0 Å². The lowest BCUT2D eigenvalue weighted by Crippen LogP contribution is -2.63. The third-order valence-corrected chi connectivity index (χ3v) is 5.89. The molecule has 5 nitrogen and oxygen atoms in total. The molecule has 5 heteroatoms. The Hall–Kier alpha value is -0.200. The molecule has 3 aliphatic rings. The van der Waals surface area contributed by atoms with Gasteiger partial charge in [-0.15, -0.1) is 0 Å². The summed E-state index contributed by atoms with van der Waals surface area (Å²) >= 11 is 0. The van der Waals surface area contributed by atoms with Crippen molar-refractivity contribution in [3.8, 4) is 0 Å². The zero-order valence-corrected chi connectivity index (χ0v) is 14.7. The van der Waals surface area contributed by atoms with Crippen molar-refractivity contribution in [1.29, 1.82) is 0 Å². The molecule has 1 saturated carbocycles. The number of aliphatic hydroxyl groups excluding tert-OH is 1. The van der Waals surface area contributed by atoms with Crippen molar-refractivity contribution in [2.24, 2.45) is 0 Å². The van der Waals surface area contributed by atoms with Gasteiger partial charge in [-0.2, -0.15) is 0 Å². The van der Waals surface area contributed by atoms with Crippen molar-refractivity contribution in [3.63, 3.8) is 0 Å². The summed E-state index contributed by atoms with van der Waals surface area (Å²) in [6, 6.07) is 0. The van der Waals surface area contributed by atoms with E-state index in [2.05, 4.69) is 16.8 Å². The molecule has 0 bridgehead atoms. The molecule has 2 saturated heterocycles. The number of piperazine rings is 1. The van der Waals surface area contributed by atoms with Gasteiger partial charge in [0, 0.05) is 44.9 Å². The molecule has 1 atom stereocenters. The molecule has 1 unspecified atom stereocenters. The van der Waals surface area contributed by atoms with Gasteiger partial charge in [0.1, 0.15) is 0 Å². The molecule has 0 aromatic rings. The van der Waals surface area contributed by atoms with Crippen LogP contribution in [0.15, 0.2) is 0 Å². The lowest BCUT2D eigenvalue weighted by Gasteiger charge is -2.52. The molecule has 1 spiro atoms. The predicted octanol–water partition coefficient (Wildman–Crippen LogP) is 1.49. The fourth-order valence-electron chi connectivity index (χ4n) is 4.58. The van der Waals surface area contributed by atoms with Crippen LogP contribution >= 0.6 is 0 Å². The minimum absolute atomic E-state index is 0.273. The highest BCUT2D eigenvalue weighted by Gasteiger charge is 2.41. The summed E-state index contributed by atoms with van der Waals surface area (Å²) in [6.07, 6.45) is 8.42. The third kappa shape index (κ3) is 4.67. The molecule has 2 aliphatic heterocycles. The number of β-amino-alcohol motifs (C(OH)–C–C–N with tert-alkyl or cyclic N) is 1. The highest BCUT2D eigenvalue weighted by atomic mass is 16.5. The molecular weight excluding hydrogens is 292 g/mol. The molecule has 1 aliphatic carbocycles. The van der Waals surface area contributed by atoms with Gasteiger partial charge in [0.25, 0.3) is 0 Å². The summed E-state index contributed by atoms with van der Waals surface area (Å²) in [5.41, 5.74) is 0.297. The number of hydrogen-bond acceptors (Lipinski definition) is 5. The average molecular weight is 326 g/mol. The zero-order valence-electron chi connectivity index (χ0n) is 14.7. The molecule has 23 heavy (non-hydrogen) atoms. The van der Waals surface area contributed by atoms with Gasteiger partial charge in [0.15, 0.2) is 0 Å². The molecular formula is C18H34N2O3. The molecule has 2 heterocycles. The molecule has 0 aromatic carbocycles. The number of likely N-dealkylation sites (N-methyl/N-ethyl adjacent to an activating group) is 1. The predicted molar refractivity (Wildman–Crippen MR) is 90.7 cm³/mol. The number of hydrogen-bond donors (Lipinski definition) is 1. The van der Waals surface area contributed by atoms with Crippen molar-refractivity contribution < 1.29 is 14.6 Å². The molecule has 0 amide bonds. The summed E-state index contributed by atoms with van der Waals surface area (Å²) in [5.74, 6) is 0. The Labute approximate surface area is 140 Å². The summed E-state index contributed by atoms with van der Waals surface area (Å²) < 4.78 is 11.3. The first-order valence-corrected chi connectivity index (χ1v) is 9.49. The van der Waals surface area contributed by atoms with Crippen molar-refractivity contribution in [2.75, 3.05) is 53.0 Å². The smallest absolute Gasteiger partial charge is 0.0900 e. The lowest BCUT2D eigenvalue weighted by atomic mass is 9.78. The zero-order chi connectivity index (χ0) is 16.1. The molecule has 3 rings (SSSR count). The van der Waals surface area contributed by atoms with Gasteiger partial charge in [0.05, 0.1) is 18.8 Å². The van der Waals surface area contributed by atoms with Gasteiger partial charge < -0.3 is 19.5 Å². The van der Waals surface area contributed by atoms with Crippen molar-refractivity contribution in [2.45, 2.75) is 62.7 Å². The Balaban J connectivity index is 1.50. The van der Waals surface area contributed by atoms with Crippen LogP contribution < -0.4 is 0 Å². The maximum Gasteiger partial charge on any atom is 0.0900 e. The highest BCUT2D eigenvalue weighted by Crippen LogP contribution is 2.36. The average Bonchev–Trinajstić information content (AvgIpc) is 2.57. The van der Waals surface area contributed by atoms with E-state index in [1.54, 1.807) is 0 Å². The van der Waals surface area contributed by atoms with Crippen LogP contribution in [0.5, 0.6) is 0 Å². The van der Waals surface area contributed by atoms with E-state index in [1.807, 2.05) is 0 Å². The van der Waals surface area contributed by atoms with E-state index in [4.69, 9.17) is 9.47 Å². The van der Waals surface area contributed by atoms with Gasteiger partial charge in [-0.25, -0.2) is 0 Å². The first kappa shape index (κ1) is 17.6. The summed E-state index contributed by atoms with van der Waals surface area (Å²) in [4.78, 5) is 5.04. The largest absolute Gasteiger partial charge is 0.389 e. The van der Waals surface area contributed by atoms with Crippen LogP contribution in [0.3, 0.4) is 0 Å². The number of aliphatic hydroxyl groups is 1. The maximum absolute atomic E-state index is 10.5. The lowest BCUT2D eigenvalue weighted by molar-refractivity contribution is -0.0840. The normalized spacial score (nSPS) is 29.0. The molecule has 0 aromatic heterocycles. The van der Waals surface area contributed by atoms with E-state index in [9.17, 15) is 5.11 Å². The third-order valence-electron chi connectivity index (χ3n) is 5.89. The van der Waals surface area contributed by atoms with E-state index in [0.717, 1.165) is 52.2 Å². The van der Waals surface area contributed by atoms with Gasteiger partial charge in [-0.05, 0) is 32.7 Å². The minimum atomic E-state index is -0.375. The fourth-order valence-corrected chi connectivity index (χ4v) is 4.58. The molecule has 3 fully saturated rings. The summed E-state index contributed by atoms with van der Waals surface area (Å²) in [5, 5.41) is 10.5. The van der Waals surface area contributed by atoms with Crippen LogP contribution in [-0.4, -0.2) is 85.7 Å². The second kappa shape index (κ2) is 8.26. The number of nitrogens with zero attached hydrogens (tertiary/aromatic N) is 2. The molecule has 134 valence electrons. The van der Waals surface area contributed by atoms with Crippen LogP contribution in [0.4, 0.5) is 0 Å². The topological polar surface area (TPSA) is 45.2 Å². The Kier molecular flexibility index (Phi) is 6.32. The Morgan fingerprint density at radius 3 is 2.65 bits per heavy atom. The summed E-state index contributed by atoms with van der Waals surface area (Å²) in [6.45, 7) is 6.15. The van der Waals surface area contributed by atoms with Crippen LogP contribution in [0.2, 0.25) is 0 Å². The second-order valence-electron chi connectivity index (χ2n) is 7.77. The summed E-state index contributed by atoms with van der Waals surface area (Å²) in [7, 11) is 2.23.